The summed E-state index contributed by atoms with van der Waals surface area (Å²) in [5, 5.41) is 3.07. The molecular formula is C18H30N4O. The van der Waals surface area contributed by atoms with Crippen LogP contribution >= 0.6 is 0 Å². The van der Waals surface area contributed by atoms with Gasteiger partial charge >= 0.3 is 6.03 Å². The first-order chi connectivity index (χ1) is 11.1. The first kappa shape index (κ1) is 17.7. The zero-order valence-corrected chi connectivity index (χ0v) is 14.7. The Morgan fingerprint density at radius 2 is 2.13 bits per heavy atom. The molecule has 1 aromatic heterocycles. The number of pyridine rings is 1. The Labute approximate surface area is 140 Å². The summed E-state index contributed by atoms with van der Waals surface area (Å²) in [7, 11) is 2.14. The molecule has 0 unspecified atom stereocenters. The van der Waals surface area contributed by atoms with Crippen molar-refractivity contribution in [2.45, 2.75) is 58.2 Å². The van der Waals surface area contributed by atoms with Gasteiger partial charge < -0.3 is 15.1 Å². The molecule has 1 N–H and O–H groups in total. The highest BCUT2D eigenvalue weighted by Crippen LogP contribution is 2.28. The number of unbranched alkanes of at least 4 members (excludes halogenated alkanes) is 1. The monoisotopic (exact) mass is 318 g/mol. The fourth-order valence-corrected chi connectivity index (χ4v) is 2.46. The summed E-state index contributed by atoms with van der Waals surface area (Å²) in [6.45, 7) is 6.83. The summed E-state index contributed by atoms with van der Waals surface area (Å²) < 4.78 is 0. The van der Waals surface area contributed by atoms with Gasteiger partial charge in [0.05, 0.1) is 12.2 Å². The predicted molar refractivity (Wildman–Crippen MR) is 93.2 cm³/mol. The fourth-order valence-electron chi connectivity index (χ4n) is 2.46. The molecule has 2 rings (SSSR count). The molecule has 5 nitrogen and oxygen atoms in total. The van der Waals surface area contributed by atoms with Crippen LogP contribution in [-0.2, 0) is 6.54 Å². The lowest BCUT2D eigenvalue weighted by Gasteiger charge is -2.23. The van der Waals surface area contributed by atoms with Gasteiger partial charge in [0.15, 0.2) is 0 Å². The van der Waals surface area contributed by atoms with Crippen LogP contribution in [0.1, 0.15) is 45.2 Å². The summed E-state index contributed by atoms with van der Waals surface area (Å²) in [5.41, 5.74) is 0.952. The molecule has 1 saturated carbocycles. The molecule has 0 aliphatic heterocycles. The highest BCUT2D eigenvalue weighted by molar-refractivity contribution is 5.74. The van der Waals surface area contributed by atoms with Crippen LogP contribution in [0.4, 0.5) is 4.79 Å². The minimum atomic E-state index is 0.0513. The highest BCUT2D eigenvalue weighted by atomic mass is 16.2. The summed E-state index contributed by atoms with van der Waals surface area (Å²) in [4.78, 5) is 21.0. The average molecular weight is 318 g/mol. The molecule has 0 spiro atoms. The molecule has 1 fully saturated rings. The zero-order chi connectivity index (χ0) is 16.7. The summed E-state index contributed by atoms with van der Waals surface area (Å²) in [6.07, 6.45) is 6.13. The number of carbonyl (C=O) groups excluding carboxylic acids is 1. The number of amides is 2. The van der Waals surface area contributed by atoms with Crippen molar-refractivity contribution >= 4 is 6.03 Å². The number of rotatable bonds is 9. The zero-order valence-electron chi connectivity index (χ0n) is 14.7. The van der Waals surface area contributed by atoms with Crippen LogP contribution in [-0.4, -0.2) is 53.0 Å². The standard InChI is InChI=1S/C18H30N4O/c1-15(2)21(3)13-7-6-12-20-18(23)22(17-9-10-17)14-16-8-4-5-11-19-16/h4-5,8,11,15,17H,6-7,9-10,12-14H2,1-3H3,(H,20,23). The van der Waals surface area contributed by atoms with Crippen LogP contribution in [0.5, 0.6) is 0 Å². The lowest BCUT2D eigenvalue weighted by molar-refractivity contribution is 0.190. The smallest absolute Gasteiger partial charge is 0.318 e. The molecule has 1 aliphatic carbocycles. The van der Waals surface area contributed by atoms with E-state index in [1.807, 2.05) is 23.1 Å². The van der Waals surface area contributed by atoms with Crippen molar-refractivity contribution in [3.63, 3.8) is 0 Å². The van der Waals surface area contributed by atoms with E-state index in [1.165, 1.54) is 0 Å². The molecule has 0 saturated heterocycles. The molecule has 0 atom stereocenters. The average Bonchev–Trinajstić information content (AvgIpc) is 3.37. The summed E-state index contributed by atoms with van der Waals surface area (Å²) >= 11 is 0. The third kappa shape index (κ3) is 6.18. The summed E-state index contributed by atoms with van der Waals surface area (Å²) in [6, 6.07) is 6.87. The molecule has 1 heterocycles. The topological polar surface area (TPSA) is 48.5 Å². The maximum atomic E-state index is 12.4. The van der Waals surface area contributed by atoms with Gasteiger partial charge in [0, 0.05) is 24.8 Å². The molecule has 5 heteroatoms. The van der Waals surface area contributed by atoms with Crippen LogP contribution in [0, 0.1) is 0 Å². The fraction of sp³-hybridized carbons (Fsp3) is 0.667. The number of urea groups is 1. The van der Waals surface area contributed by atoms with E-state index < -0.39 is 0 Å². The first-order valence-corrected chi connectivity index (χ1v) is 8.72. The minimum Gasteiger partial charge on any atom is -0.338 e. The van der Waals surface area contributed by atoms with Crippen molar-refractivity contribution < 1.29 is 4.79 Å². The number of carbonyl (C=O) groups is 1. The van der Waals surface area contributed by atoms with Crippen LogP contribution in [0.25, 0.3) is 0 Å². The maximum absolute atomic E-state index is 12.4. The quantitative estimate of drug-likeness (QED) is 0.712. The van der Waals surface area contributed by atoms with Gasteiger partial charge in [-0.05, 0) is 65.3 Å². The Hall–Kier alpha value is -1.62. The number of nitrogens with zero attached hydrogens (tertiary/aromatic N) is 3. The van der Waals surface area contributed by atoms with Crippen molar-refractivity contribution in [2.24, 2.45) is 0 Å². The van der Waals surface area contributed by atoms with Crippen LogP contribution in [0.15, 0.2) is 24.4 Å². The number of hydrogen-bond donors (Lipinski definition) is 1. The second kappa shape index (κ2) is 8.87. The van der Waals surface area contributed by atoms with Crippen molar-refractivity contribution in [1.29, 1.82) is 0 Å². The van der Waals surface area contributed by atoms with Gasteiger partial charge in [-0.2, -0.15) is 0 Å². The van der Waals surface area contributed by atoms with E-state index in [0.717, 1.165) is 44.5 Å². The van der Waals surface area contributed by atoms with Gasteiger partial charge in [-0.1, -0.05) is 6.07 Å². The van der Waals surface area contributed by atoms with Gasteiger partial charge in [0.2, 0.25) is 0 Å². The Kier molecular flexibility index (Phi) is 6.84. The molecular weight excluding hydrogens is 288 g/mol. The Morgan fingerprint density at radius 1 is 1.35 bits per heavy atom. The molecule has 0 bridgehead atoms. The number of hydrogen-bond acceptors (Lipinski definition) is 3. The van der Waals surface area contributed by atoms with E-state index in [4.69, 9.17) is 0 Å². The van der Waals surface area contributed by atoms with Crippen LogP contribution in [0.3, 0.4) is 0 Å². The molecule has 1 aromatic rings. The number of aromatic nitrogens is 1. The van der Waals surface area contributed by atoms with E-state index in [1.54, 1.807) is 6.20 Å². The molecule has 128 valence electrons. The molecule has 0 radical (unpaired) electrons. The van der Waals surface area contributed by atoms with Gasteiger partial charge in [-0.3, -0.25) is 4.98 Å². The third-order valence-electron chi connectivity index (χ3n) is 4.40. The van der Waals surface area contributed by atoms with Gasteiger partial charge in [0.1, 0.15) is 0 Å². The van der Waals surface area contributed by atoms with Crippen molar-refractivity contribution in [2.75, 3.05) is 20.1 Å². The SMILES string of the molecule is CC(C)N(C)CCCCNC(=O)N(Cc1ccccn1)C1CC1. The molecule has 23 heavy (non-hydrogen) atoms. The van der Waals surface area contributed by atoms with Crippen molar-refractivity contribution in [3.8, 4) is 0 Å². The lowest BCUT2D eigenvalue weighted by Crippen LogP contribution is -2.41. The minimum absolute atomic E-state index is 0.0513. The van der Waals surface area contributed by atoms with Gasteiger partial charge in [-0.25, -0.2) is 4.79 Å². The van der Waals surface area contributed by atoms with Crippen molar-refractivity contribution in [3.05, 3.63) is 30.1 Å². The van der Waals surface area contributed by atoms with E-state index in [0.29, 0.717) is 18.6 Å². The van der Waals surface area contributed by atoms with E-state index in [-0.39, 0.29) is 6.03 Å². The Balaban J connectivity index is 1.70. The molecule has 1 aliphatic rings. The highest BCUT2D eigenvalue weighted by Gasteiger charge is 2.32. The van der Waals surface area contributed by atoms with Gasteiger partial charge in [0.25, 0.3) is 0 Å². The Morgan fingerprint density at radius 3 is 2.74 bits per heavy atom. The Bertz CT molecular complexity index is 473. The third-order valence-corrected chi connectivity index (χ3v) is 4.40. The first-order valence-electron chi connectivity index (χ1n) is 8.72. The second-order valence-corrected chi connectivity index (χ2v) is 6.69. The second-order valence-electron chi connectivity index (χ2n) is 6.69. The van der Waals surface area contributed by atoms with E-state index in [9.17, 15) is 4.79 Å². The predicted octanol–water partition coefficient (Wildman–Crippen LogP) is 2.88. The van der Waals surface area contributed by atoms with Crippen molar-refractivity contribution in [1.82, 2.24) is 20.1 Å². The van der Waals surface area contributed by atoms with Crippen LogP contribution < -0.4 is 5.32 Å². The van der Waals surface area contributed by atoms with E-state index in [2.05, 4.69) is 36.1 Å². The lowest BCUT2D eigenvalue weighted by atomic mass is 10.2. The van der Waals surface area contributed by atoms with Gasteiger partial charge in [-0.15, -0.1) is 0 Å². The number of nitrogens with one attached hydrogen (secondary N) is 1. The maximum Gasteiger partial charge on any atom is 0.318 e. The van der Waals surface area contributed by atoms with E-state index >= 15 is 0 Å². The normalized spacial score (nSPS) is 14.3. The molecule has 2 amide bonds. The van der Waals surface area contributed by atoms with Crippen LogP contribution in [0.2, 0.25) is 0 Å². The molecule has 0 aromatic carbocycles. The largest absolute Gasteiger partial charge is 0.338 e. The summed E-state index contributed by atoms with van der Waals surface area (Å²) in [5.74, 6) is 0.